The number of aryl methyl sites for hydroxylation is 1. The van der Waals surface area contributed by atoms with Gasteiger partial charge in [-0.1, -0.05) is 13.5 Å². The van der Waals surface area contributed by atoms with Crippen LogP contribution in [0.2, 0.25) is 0 Å². The molecule has 1 amide bonds. The van der Waals surface area contributed by atoms with Crippen LogP contribution in [0.1, 0.15) is 31.1 Å². The number of nitrogens with zero attached hydrogens (tertiary/aromatic N) is 3. The van der Waals surface area contributed by atoms with Crippen LogP contribution in [0.25, 0.3) is 0 Å². The third-order valence-electron chi connectivity index (χ3n) is 2.46. The molecule has 23 heavy (non-hydrogen) atoms. The van der Waals surface area contributed by atoms with Gasteiger partial charge in [-0.15, -0.1) is 11.3 Å². The Morgan fingerprint density at radius 1 is 1.26 bits per heavy atom. The first-order chi connectivity index (χ1) is 10.3. The fourth-order valence-corrected chi connectivity index (χ4v) is 2.46. The summed E-state index contributed by atoms with van der Waals surface area (Å²) in [6.07, 6.45) is -4.51. The molecule has 1 atom stereocenters. The van der Waals surface area contributed by atoms with Crippen molar-refractivity contribution in [1.82, 2.24) is 15.0 Å². The van der Waals surface area contributed by atoms with Crippen molar-refractivity contribution in [2.24, 2.45) is 0 Å². The smallest absolute Gasteiger partial charge is 0.338 e. The van der Waals surface area contributed by atoms with Crippen LogP contribution in [-0.4, -0.2) is 27.0 Å². The van der Waals surface area contributed by atoms with Gasteiger partial charge in [0.2, 0.25) is 17.8 Å². The van der Waals surface area contributed by atoms with Crippen molar-refractivity contribution in [3.8, 4) is 0 Å². The highest BCUT2D eigenvalue weighted by molar-refractivity contribution is 7.10. The molecule has 1 unspecified atom stereocenters. The Labute approximate surface area is 135 Å². The molecular weight excluding hydrogens is 331 g/mol. The van der Waals surface area contributed by atoms with E-state index < -0.39 is 18.1 Å². The molecule has 0 saturated carbocycles. The Bertz CT molecular complexity index is 660. The minimum atomic E-state index is -4.51. The van der Waals surface area contributed by atoms with E-state index in [4.69, 9.17) is 0 Å². The highest BCUT2D eigenvalue weighted by Crippen LogP contribution is 2.37. The van der Waals surface area contributed by atoms with Gasteiger partial charge in [0.15, 0.2) is 6.04 Å². The number of hydrogen-bond acceptors (Lipinski definition) is 6. The Hall–Kier alpha value is -2.23. The topological polar surface area (TPSA) is 79.8 Å². The van der Waals surface area contributed by atoms with Crippen LogP contribution in [-0.2, 0) is 4.79 Å². The number of carbonyl (C=O) groups is 1. The highest BCUT2D eigenvalue weighted by atomic mass is 32.1. The zero-order chi connectivity index (χ0) is 16.3. The third-order valence-corrected chi connectivity index (χ3v) is 3.40. The van der Waals surface area contributed by atoms with E-state index in [1.54, 1.807) is 5.38 Å². The standard InChI is InChI=1S/C12H12F3N5OS.CH4/c1-6-16-10(18-7(2)21)20-11(17-6)19-9(12(13,14)15)8-4-3-5-22-8;/h3-5,9H,1-2H3,(H2,16,17,18,19,20,21);1H4. The van der Waals surface area contributed by atoms with E-state index in [1.165, 1.54) is 26.0 Å². The van der Waals surface area contributed by atoms with Crippen molar-refractivity contribution in [2.75, 3.05) is 10.6 Å². The number of aromatic nitrogens is 3. The molecule has 0 fully saturated rings. The van der Waals surface area contributed by atoms with Gasteiger partial charge in [0.1, 0.15) is 5.82 Å². The molecule has 0 aliphatic heterocycles. The lowest BCUT2D eigenvalue weighted by Gasteiger charge is -2.20. The summed E-state index contributed by atoms with van der Waals surface area (Å²) in [5.41, 5.74) is 0. The van der Waals surface area contributed by atoms with E-state index >= 15 is 0 Å². The second-order valence-corrected chi connectivity index (χ2v) is 5.32. The number of alkyl halides is 3. The molecule has 0 aromatic carbocycles. The number of hydrogen-bond donors (Lipinski definition) is 2. The molecule has 0 aliphatic carbocycles. The SMILES string of the molecule is C.CC(=O)Nc1nc(C)nc(NC(c2cccs2)C(F)(F)F)n1. The number of anilines is 2. The van der Waals surface area contributed by atoms with Crippen LogP contribution in [0.15, 0.2) is 17.5 Å². The lowest BCUT2D eigenvalue weighted by Crippen LogP contribution is -2.28. The lowest BCUT2D eigenvalue weighted by atomic mass is 10.2. The maximum atomic E-state index is 13.2. The predicted octanol–water partition coefficient (Wildman–Crippen LogP) is 3.55. The Morgan fingerprint density at radius 3 is 2.43 bits per heavy atom. The molecule has 2 rings (SSSR count). The van der Waals surface area contributed by atoms with E-state index in [2.05, 4.69) is 25.6 Å². The van der Waals surface area contributed by atoms with Crippen molar-refractivity contribution in [3.63, 3.8) is 0 Å². The maximum absolute atomic E-state index is 13.2. The van der Waals surface area contributed by atoms with Crippen LogP contribution in [0, 0.1) is 6.92 Å². The number of thiophene rings is 1. The summed E-state index contributed by atoms with van der Waals surface area (Å²) in [6, 6.07) is 0.972. The number of carbonyl (C=O) groups excluding carboxylic acids is 1. The van der Waals surface area contributed by atoms with E-state index in [9.17, 15) is 18.0 Å². The van der Waals surface area contributed by atoms with E-state index in [0.29, 0.717) is 0 Å². The predicted molar refractivity (Wildman–Crippen MR) is 82.3 cm³/mol. The Kier molecular flexibility index (Phi) is 6.02. The van der Waals surface area contributed by atoms with Gasteiger partial charge < -0.3 is 5.32 Å². The van der Waals surface area contributed by atoms with Gasteiger partial charge in [0.05, 0.1) is 0 Å². The molecule has 6 nitrogen and oxygen atoms in total. The minimum Gasteiger partial charge on any atom is -0.338 e. The molecule has 0 radical (unpaired) electrons. The third kappa shape index (κ3) is 5.16. The average Bonchev–Trinajstić information content (AvgIpc) is 2.86. The molecule has 0 aliphatic rings. The molecule has 126 valence electrons. The number of amides is 1. The number of nitrogens with one attached hydrogen (secondary N) is 2. The zero-order valence-corrected chi connectivity index (χ0v) is 12.4. The second kappa shape index (κ2) is 7.36. The van der Waals surface area contributed by atoms with Gasteiger partial charge in [-0.2, -0.15) is 28.1 Å². The van der Waals surface area contributed by atoms with Gasteiger partial charge in [-0.05, 0) is 18.4 Å². The first-order valence-electron chi connectivity index (χ1n) is 6.12. The van der Waals surface area contributed by atoms with Gasteiger partial charge in [0.25, 0.3) is 0 Å². The molecule has 2 aromatic rings. The van der Waals surface area contributed by atoms with Crippen LogP contribution in [0.3, 0.4) is 0 Å². The van der Waals surface area contributed by atoms with Crippen molar-refractivity contribution in [3.05, 3.63) is 28.2 Å². The van der Waals surface area contributed by atoms with Gasteiger partial charge >= 0.3 is 6.18 Å². The first kappa shape index (κ1) is 18.8. The van der Waals surface area contributed by atoms with Crippen LogP contribution < -0.4 is 10.6 Å². The van der Waals surface area contributed by atoms with Crippen molar-refractivity contribution in [2.45, 2.75) is 33.5 Å². The summed E-state index contributed by atoms with van der Waals surface area (Å²) < 4.78 is 39.6. The summed E-state index contributed by atoms with van der Waals surface area (Å²) >= 11 is 0.973. The summed E-state index contributed by atoms with van der Waals surface area (Å²) in [5, 5.41) is 6.11. The summed E-state index contributed by atoms with van der Waals surface area (Å²) in [7, 11) is 0. The van der Waals surface area contributed by atoms with Gasteiger partial charge in [0, 0.05) is 11.8 Å². The lowest BCUT2D eigenvalue weighted by molar-refractivity contribution is -0.143. The molecule has 0 spiro atoms. The van der Waals surface area contributed by atoms with E-state index in [1.807, 2.05) is 0 Å². The van der Waals surface area contributed by atoms with Gasteiger partial charge in [-0.3, -0.25) is 10.1 Å². The van der Waals surface area contributed by atoms with Crippen LogP contribution in [0.5, 0.6) is 0 Å². The molecule has 2 N–H and O–H groups in total. The fourth-order valence-electron chi connectivity index (χ4n) is 1.66. The van der Waals surface area contributed by atoms with Gasteiger partial charge in [-0.25, -0.2) is 0 Å². The minimum absolute atomic E-state index is 0. The fraction of sp³-hybridized carbons (Fsp3) is 0.385. The Morgan fingerprint density at radius 2 is 1.91 bits per heavy atom. The number of rotatable bonds is 4. The van der Waals surface area contributed by atoms with Crippen LogP contribution in [0.4, 0.5) is 25.1 Å². The van der Waals surface area contributed by atoms with E-state index in [-0.39, 0.29) is 30.0 Å². The summed E-state index contributed by atoms with van der Waals surface area (Å²) in [4.78, 5) is 22.5. The molecule has 2 heterocycles. The first-order valence-corrected chi connectivity index (χ1v) is 7.00. The van der Waals surface area contributed by atoms with Crippen molar-refractivity contribution >= 4 is 29.1 Å². The molecule has 0 bridgehead atoms. The zero-order valence-electron chi connectivity index (χ0n) is 11.6. The molecule has 2 aromatic heterocycles. The largest absolute Gasteiger partial charge is 0.413 e. The quantitative estimate of drug-likeness (QED) is 0.884. The molecule has 0 saturated heterocycles. The second-order valence-electron chi connectivity index (χ2n) is 4.35. The van der Waals surface area contributed by atoms with Crippen molar-refractivity contribution in [1.29, 1.82) is 0 Å². The van der Waals surface area contributed by atoms with Crippen molar-refractivity contribution < 1.29 is 18.0 Å². The van der Waals surface area contributed by atoms with Crippen LogP contribution >= 0.6 is 11.3 Å². The number of halogens is 3. The Balaban J connectivity index is 0.00000264. The average molecular weight is 347 g/mol. The normalized spacial score (nSPS) is 12.2. The van der Waals surface area contributed by atoms with E-state index in [0.717, 1.165) is 11.3 Å². The summed E-state index contributed by atoms with van der Waals surface area (Å²) in [5.74, 6) is -0.600. The maximum Gasteiger partial charge on any atom is 0.413 e. The molecule has 10 heteroatoms. The summed E-state index contributed by atoms with van der Waals surface area (Å²) in [6.45, 7) is 2.74. The molecular formula is C13H16F3N5OS. The highest BCUT2D eigenvalue weighted by Gasteiger charge is 2.42. The monoisotopic (exact) mass is 347 g/mol.